The van der Waals surface area contributed by atoms with E-state index in [-0.39, 0.29) is 24.5 Å². The Labute approximate surface area is 240 Å². The van der Waals surface area contributed by atoms with Gasteiger partial charge in [0.05, 0.1) is 36.1 Å². The maximum Gasteiger partial charge on any atom is 0.184 e. The van der Waals surface area contributed by atoms with Gasteiger partial charge in [-0.05, 0) is 67.7 Å². The van der Waals surface area contributed by atoms with Gasteiger partial charge in [0, 0.05) is 31.5 Å². The number of allylic oxidation sites excluding steroid dienone is 9. The zero-order valence-electron chi connectivity index (χ0n) is 24.2. The highest BCUT2D eigenvalue weighted by Crippen LogP contribution is 2.36. The SMILES string of the molecule is COCC(C)COC1=CCC(C2C=CC(S(=O)(=O)C3=CCC(C4=CCC(OCC(C)CO)C=C4)C=C3)CC2)C=C1. The predicted octanol–water partition coefficient (Wildman–Crippen LogP) is 5.86. The molecule has 0 heterocycles. The molecule has 7 unspecified atom stereocenters. The summed E-state index contributed by atoms with van der Waals surface area (Å²) < 4.78 is 43.8. The maximum absolute atomic E-state index is 13.4. The molecule has 220 valence electrons. The molecule has 0 saturated heterocycles. The molecule has 4 rings (SSSR count). The Morgan fingerprint density at radius 3 is 2.30 bits per heavy atom. The molecule has 0 bridgehead atoms. The normalized spacial score (nSPS) is 29.9. The van der Waals surface area contributed by atoms with E-state index in [0.29, 0.717) is 55.3 Å². The lowest BCUT2D eigenvalue weighted by Gasteiger charge is -2.29. The highest BCUT2D eigenvalue weighted by molar-refractivity contribution is 7.96. The largest absolute Gasteiger partial charge is 0.494 e. The van der Waals surface area contributed by atoms with Gasteiger partial charge in [-0.1, -0.05) is 62.5 Å². The number of methoxy groups -OCH3 is 1. The number of aliphatic hydroxyl groups is 1. The molecular formula is C33H46O6S. The number of hydrogen-bond donors (Lipinski definition) is 1. The van der Waals surface area contributed by atoms with Crippen LogP contribution in [0.3, 0.4) is 0 Å². The third-order valence-corrected chi connectivity index (χ3v) is 10.4. The minimum absolute atomic E-state index is 0.0316. The van der Waals surface area contributed by atoms with Crippen LogP contribution in [0.25, 0.3) is 0 Å². The summed E-state index contributed by atoms with van der Waals surface area (Å²) in [5.74, 6) is 2.29. The van der Waals surface area contributed by atoms with E-state index in [1.54, 1.807) is 13.2 Å². The Hall–Kier alpha value is -2.19. The van der Waals surface area contributed by atoms with Crippen LogP contribution in [0.2, 0.25) is 0 Å². The summed E-state index contributed by atoms with van der Waals surface area (Å²) in [6.45, 7) is 6.05. The van der Waals surface area contributed by atoms with Crippen molar-refractivity contribution in [2.75, 3.05) is 33.5 Å². The topological polar surface area (TPSA) is 82.1 Å². The quantitative estimate of drug-likeness (QED) is 0.280. The minimum Gasteiger partial charge on any atom is -0.494 e. The van der Waals surface area contributed by atoms with E-state index in [0.717, 1.165) is 25.0 Å². The van der Waals surface area contributed by atoms with Gasteiger partial charge in [-0.2, -0.15) is 0 Å². The Balaban J connectivity index is 1.25. The molecule has 0 saturated carbocycles. The molecule has 4 aliphatic rings. The molecule has 40 heavy (non-hydrogen) atoms. The smallest absolute Gasteiger partial charge is 0.184 e. The van der Waals surface area contributed by atoms with Crippen LogP contribution in [-0.2, 0) is 24.0 Å². The second kappa shape index (κ2) is 14.6. The van der Waals surface area contributed by atoms with Gasteiger partial charge in [0.25, 0.3) is 0 Å². The second-order valence-corrected chi connectivity index (χ2v) is 13.9. The van der Waals surface area contributed by atoms with E-state index in [1.807, 2.05) is 25.2 Å². The van der Waals surface area contributed by atoms with Gasteiger partial charge in [0.15, 0.2) is 9.84 Å². The van der Waals surface area contributed by atoms with Crippen molar-refractivity contribution in [2.45, 2.75) is 57.3 Å². The zero-order chi connectivity index (χ0) is 28.5. The van der Waals surface area contributed by atoms with Gasteiger partial charge >= 0.3 is 0 Å². The highest BCUT2D eigenvalue weighted by atomic mass is 32.2. The van der Waals surface area contributed by atoms with Crippen molar-refractivity contribution in [2.24, 2.45) is 29.6 Å². The molecule has 1 N–H and O–H groups in total. The Kier molecular flexibility index (Phi) is 11.2. The van der Waals surface area contributed by atoms with E-state index in [1.165, 1.54) is 5.57 Å². The molecule has 0 spiro atoms. The predicted molar refractivity (Wildman–Crippen MR) is 160 cm³/mol. The first-order chi connectivity index (χ1) is 19.3. The molecule has 0 aromatic rings. The van der Waals surface area contributed by atoms with Crippen molar-refractivity contribution in [3.05, 3.63) is 83.1 Å². The van der Waals surface area contributed by atoms with E-state index < -0.39 is 15.1 Å². The van der Waals surface area contributed by atoms with Gasteiger partial charge in [-0.3, -0.25) is 0 Å². The fraction of sp³-hybridized carbons (Fsp3) is 0.576. The van der Waals surface area contributed by atoms with E-state index in [2.05, 4.69) is 49.5 Å². The van der Waals surface area contributed by atoms with Crippen LogP contribution < -0.4 is 0 Å². The van der Waals surface area contributed by atoms with Crippen molar-refractivity contribution >= 4 is 9.84 Å². The molecular weight excluding hydrogens is 524 g/mol. The molecule has 7 atom stereocenters. The summed E-state index contributed by atoms with van der Waals surface area (Å²) in [4.78, 5) is 0.446. The molecule has 0 radical (unpaired) electrons. The van der Waals surface area contributed by atoms with Crippen molar-refractivity contribution in [3.63, 3.8) is 0 Å². The molecule has 0 amide bonds. The molecule has 0 aromatic carbocycles. The van der Waals surface area contributed by atoms with Gasteiger partial charge in [-0.25, -0.2) is 8.42 Å². The standard InChI is InChI=1S/C33H46O6S/c1-24(20-34)22-38-30-12-4-26(5-13-30)28-8-16-32(17-9-28)40(35,36)33-18-10-29(11-19-33)27-6-14-31(15-7-27)39-23-25(2)21-37-3/h4-6,8,10,12,14-18,24-25,27-30,33-34H,7,9,11,13,19-23H2,1-3H3. The zero-order valence-corrected chi connectivity index (χ0v) is 25.0. The van der Waals surface area contributed by atoms with Crippen LogP contribution in [0.15, 0.2) is 83.1 Å². The van der Waals surface area contributed by atoms with Crippen molar-refractivity contribution in [1.82, 2.24) is 0 Å². The van der Waals surface area contributed by atoms with Crippen LogP contribution in [0, 0.1) is 29.6 Å². The van der Waals surface area contributed by atoms with Crippen LogP contribution in [0.1, 0.15) is 46.0 Å². The molecule has 0 aromatic heterocycles. The van der Waals surface area contributed by atoms with Gasteiger partial charge in [0.1, 0.15) is 5.76 Å². The van der Waals surface area contributed by atoms with Gasteiger partial charge < -0.3 is 19.3 Å². The van der Waals surface area contributed by atoms with Gasteiger partial charge in [-0.15, -0.1) is 0 Å². The lowest BCUT2D eigenvalue weighted by molar-refractivity contribution is 0.0451. The summed E-state index contributed by atoms with van der Waals surface area (Å²) in [6, 6.07) is 0. The van der Waals surface area contributed by atoms with Crippen molar-refractivity contribution in [1.29, 1.82) is 0 Å². The number of aliphatic hydroxyl groups excluding tert-OH is 1. The molecule has 0 aliphatic heterocycles. The van der Waals surface area contributed by atoms with Crippen LogP contribution in [0.5, 0.6) is 0 Å². The average molecular weight is 571 g/mol. The Morgan fingerprint density at radius 1 is 0.850 bits per heavy atom. The fourth-order valence-electron chi connectivity index (χ4n) is 5.63. The number of rotatable bonds is 13. The lowest BCUT2D eigenvalue weighted by Crippen LogP contribution is -2.27. The van der Waals surface area contributed by atoms with Crippen LogP contribution in [-0.4, -0.2) is 58.4 Å². The molecule has 0 fully saturated rings. The first-order valence-corrected chi connectivity index (χ1v) is 16.3. The summed E-state index contributed by atoms with van der Waals surface area (Å²) in [5.41, 5.74) is 1.20. The first-order valence-electron chi connectivity index (χ1n) is 14.7. The first kappa shape index (κ1) is 30.8. The Bertz CT molecular complexity index is 1170. The van der Waals surface area contributed by atoms with Gasteiger partial charge in [0.2, 0.25) is 0 Å². The second-order valence-electron chi connectivity index (χ2n) is 11.7. The summed E-state index contributed by atoms with van der Waals surface area (Å²) in [6.07, 6.45) is 26.5. The third-order valence-electron chi connectivity index (χ3n) is 8.21. The maximum atomic E-state index is 13.4. The Morgan fingerprint density at radius 2 is 1.70 bits per heavy atom. The number of sulfone groups is 1. The third kappa shape index (κ3) is 8.19. The fourth-order valence-corrected chi connectivity index (χ4v) is 7.32. The molecule has 6 nitrogen and oxygen atoms in total. The summed E-state index contributed by atoms with van der Waals surface area (Å²) in [7, 11) is -1.70. The highest BCUT2D eigenvalue weighted by Gasteiger charge is 2.32. The van der Waals surface area contributed by atoms with E-state index in [9.17, 15) is 13.5 Å². The van der Waals surface area contributed by atoms with E-state index in [4.69, 9.17) is 14.2 Å². The van der Waals surface area contributed by atoms with E-state index >= 15 is 0 Å². The minimum atomic E-state index is -3.40. The van der Waals surface area contributed by atoms with Crippen LogP contribution in [0.4, 0.5) is 0 Å². The average Bonchev–Trinajstić information content (AvgIpc) is 2.99. The van der Waals surface area contributed by atoms with Crippen LogP contribution >= 0.6 is 0 Å². The monoisotopic (exact) mass is 570 g/mol. The molecule has 7 heteroatoms. The summed E-state index contributed by atoms with van der Waals surface area (Å²) >= 11 is 0. The molecule has 4 aliphatic carbocycles. The van der Waals surface area contributed by atoms with Crippen molar-refractivity contribution in [3.8, 4) is 0 Å². The number of ether oxygens (including phenoxy) is 3. The van der Waals surface area contributed by atoms with Crippen molar-refractivity contribution < 1.29 is 27.7 Å². The lowest BCUT2D eigenvalue weighted by atomic mass is 9.81. The summed E-state index contributed by atoms with van der Waals surface area (Å²) in [5, 5.41) is 8.71. The number of hydrogen-bond acceptors (Lipinski definition) is 6.